The molecule has 1 rings (SSSR count). The first-order valence-corrected chi connectivity index (χ1v) is 5.64. The van der Waals surface area contributed by atoms with Crippen LogP contribution in [0.5, 0.6) is 0 Å². The molecule has 0 aliphatic heterocycles. The lowest BCUT2D eigenvalue weighted by Crippen LogP contribution is -2.21. The third-order valence-electron chi connectivity index (χ3n) is 1.82. The summed E-state index contributed by atoms with van der Waals surface area (Å²) in [6, 6.07) is 7.33. The van der Waals surface area contributed by atoms with Gasteiger partial charge in [0.15, 0.2) is 0 Å². The van der Waals surface area contributed by atoms with E-state index >= 15 is 0 Å². The van der Waals surface area contributed by atoms with Gasteiger partial charge in [0.2, 0.25) is 0 Å². The van der Waals surface area contributed by atoms with E-state index in [9.17, 15) is 4.79 Å². The van der Waals surface area contributed by atoms with E-state index in [4.69, 9.17) is 0 Å². The Balaban J connectivity index is 2.97. The van der Waals surface area contributed by atoms with Crippen molar-refractivity contribution in [3.63, 3.8) is 0 Å². The SMILES string of the molecule is CN(C)C(=O)c1cccc(C#CCBr)c1. The van der Waals surface area contributed by atoms with Crippen LogP contribution in [0.1, 0.15) is 15.9 Å². The predicted octanol–water partition coefficient (Wildman–Crippen LogP) is 2.13. The van der Waals surface area contributed by atoms with Crippen molar-refractivity contribution in [1.29, 1.82) is 0 Å². The molecule has 1 aromatic carbocycles. The van der Waals surface area contributed by atoms with Crippen LogP contribution < -0.4 is 0 Å². The largest absolute Gasteiger partial charge is 0.345 e. The lowest BCUT2D eigenvalue weighted by molar-refractivity contribution is 0.0827. The number of hydrogen-bond acceptors (Lipinski definition) is 1. The van der Waals surface area contributed by atoms with Crippen LogP contribution in [0.15, 0.2) is 24.3 Å². The van der Waals surface area contributed by atoms with Gasteiger partial charge in [0, 0.05) is 25.2 Å². The fourth-order valence-corrected chi connectivity index (χ4v) is 1.26. The number of nitrogens with zero attached hydrogens (tertiary/aromatic N) is 1. The Bertz CT molecular complexity index is 415. The van der Waals surface area contributed by atoms with Gasteiger partial charge in [-0.1, -0.05) is 33.8 Å². The lowest BCUT2D eigenvalue weighted by Gasteiger charge is -2.09. The molecule has 15 heavy (non-hydrogen) atoms. The summed E-state index contributed by atoms with van der Waals surface area (Å²) in [4.78, 5) is 13.2. The molecule has 0 spiro atoms. The first-order chi connectivity index (χ1) is 7.15. The van der Waals surface area contributed by atoms with Crippen molar-refractivity contribution < 1.29 is 4.79 Å². The molecule has 78 valence electrons. The third-order valence-corrected chi connectivity index (χ3v) is 2.10. The Hall–Kier alpha value is -1.27. The monoisotopic (exact) mass is 265 g/mol. The Morgan fingerprint density at radius 2 is 2.20 bits per heavy atom. The second-order valence-corrected chi connectivity index (χ2v) is 3.78. The number of rotatable bonds is 1. The molecular weight excluding hydrogens is 254 g/mol. The first-order valence-electron chi connectivity index (χ1n) is 4.51. The highest BCUT2D eigenvalue weighted by atomic mass is 79.9. The van der Waals surface area contributed by atoms with Crippen molar-refractivity contribution in [3.05, 3.63) is 35.4 Å². The summed E-state index contributed by atoms with van der Waals surface area (Å²) in [5.41, 5.74) is 1.53. The van der Waals surface area contributed by atoms with Crippen LogP contribution in [0, 0.1) is 11.8 Å². The highest BCUT2D eigenvalue weighted by molar-refractivity contribution is 9.09. The van der Waals surface area contributed by atoms with Gasteiger partial charge in [-0.2, -0.15) is 0 Å². The molecule has 0 saturated carbocycles. The maximum absolute atomic E-state index is 11.6. The van der Waals surface area contributed by atoms with E-state index in [0.29, 0.717) is 10.9 Å². The average Bonchev–Trinajstić information content (AvgIpc) is 2.25. The molecule has 1 aromatic rings. The summed E-state index contributed by atoms with van der Waals surface area (Å²) in [7, 11) is 3.47. The topological polar surface area (TPSA) is 20.3 Å². The summed E-state index contributed by atoms with van der Waals surface area (Å²) in [5.74, 6) is 5.86. The molecule has 0 bridgehead atoms. The normalized spacial score (nSPS) is 9.00. The number of amides is 1. The van der Waals surface area contributed by atoms with E-state index < -0.39 is 0 Å². The maximum Gasteiger partial charge on any atom is 0.253 e. The van der Waals surface area contributed by atoms with Gasteiger partial charge >= 0.3 is 0 Å². The van der Waals surface area contributed by atoms with E-state index in [0.717, 1.165) is 5.56 Å². The van der Waals surface area contributed by atoms with Crippen LogP contribution in [-0.2, 0) is 0 Å². The van der Waals surface area contributed by atoms with Gasteiger partial charge in [-0.25, -0.2) is 0 Å². The fourth-order valence-electron chi connectivity index (χ4n) is 1.12. The van der Waals surface area contributed by atoms with Gasteiger partial charge in [0.25, 0.3) is 5.91 Å². The van der Waals surface area contributed by atoms with Crippen LogP contribution in [-0.4, -0.2) is 30.2 Å². The molecule has 0 aromatic heterocycles. The predicted molar refractivity (Wildman–Crippen MR) is 65.1 cm³/mol. The van der Waals surface area contributed by atoms with E-state index in [1.54, 1.807) is 31.1 Å². The van der Waals surface area contributed by atoms with Crippen molar-refractivity contribution in [1.82, 2.24) is 4.90 Å². The summed E-state index contributed by atoms with van der Waals surface area (Å²) < 4.78 is 0. The minimum absolute atomic E-state index is 0.00232. The Morgan fingerprint density at radius 3 is 2.80 bits per heavy atom. The smallest absolute Gasteiger partial charge is 0.253 e. The zero-order valence-corrected chi connectivity index (χ0v) is 10.3. The average molecular weight is 266 g/mol. The second kappa shape index (κ2) is 5.57. The van der Waals surface area contributed by atoms with Crippen LogP contribution in [0.2, 0.25) is 0 Å². The summed E-state index contributed by atoms with van der Waals surface area (Å²) in [6.07, 6.45) is 0. The molecule has 0 aliphatic carbocycles. The van der Waals surface area contributed by atoms with Crippen molar-refractivity contribution in [2.24, 2.45) is 0 Å². The second-order valence-electron chi connectivity index (χ2n) is 3.22. The molecule has 0 N–H and O–H groups in total. The first kappa shape index (κ1) is 11.8. The molecule has 0 heterocycles. The van der Waals surface area contributed by atoms with Crippen LogP contribution in [0.3, 0.4) is 0 Å². The molecule has 0 unspecified atom stereocenters. The molecule has 0 atom stereocenters. The van der Waals surface area contributed by atoms with Crippen molar-refractivity contribution in [3.8, 4) is 11.8 Å². The van der Waals surface area contributed by atoms with Gasteiger partial charge in [-0.15, -0.1) is 0 Å². The van der Waals surface area contributed by atoms with Gasteiger partial charge < -0.3 is 4.90 Å². The Morgan fingerprint density at radius 1 is 1.47 bits per heavy atom. The van der Waals surface area contributed by atoms with E-state index in [1.165, 1.54) is 0 Å². The van der Waals surface area contributed by atoms with E-state index in [1.807, 2.05) is 12.1 Å². The Kier molecular flexibility index (Phi) is 4.38. The zero-order valence-electron chi connectivity index (χ0n) is 8.75. The summed E-state index contributed by atoms with van der Waals surface area (Å²) >= 11 is 3.23. The van der Waals surface area contributed by atoms with Gasteiger partial charge in [-0.3, -0.25) is 4.79 Å². The molecule has 0 fully saturated rings. The molecule has 0 saturated heterocycles. The minimum Gasteiger partial charge on any atom is -0.345 e. The fraction of sp³-hybridized carbons (Fsp3) is 0.250. The van der Waals surface area contributed by atoms with Crippen molar-refractivity contribution in [2.45, 2.75) is 0 Å². The number of carbonyl (C=O) groups is 1. The molecule has 3 heteroatoms. The lowest BCUT2D eigenvalue weighted by atomic mass is 10.1. The molecular formula is C12H12BrNO. The van der Waals surface area contributed by atoms with Crippen LogP contribution >= 0.6 is 15.9 Å². The Labute approximate surface area is 98.4 Å². The number of carbonyl (C=O) groups excluding carboxylic acids is 1. The van der Waals surface area contributed by atoms with E-state index in [2.05, 4.69) is 27.8 Å². The van der Waals surface area contributed by atoms with Crippen LogP contribution in [0.4, 0.5) is 0 Å². The number of hydrogen-bond donors (Lipinski definition) is 0. The molecule has 0 aliphatic rings. The molecule has 0 radical (unpaired) electrons. The number of halogens is 1. The number of alkyl halides is 1. The summed E-state index contributed by atoms with van der Waals surface area (Å²) in [6.45, 7) is 0. The number of benzene rings is 1. The highest BCUT2D eigenvalue weighted by Gasteiger charge is 2.06. The maximum atomic E-state index is 11.6. The van der Waals surface area contributed by atoms with Gasteiger partial charge in [0.1, 0.15) is 0 Å². The van der Waals surface area contributed by atoms with Crippen molar-refractivity contribution in [2.75, 3.05) is 19.4 Å². The van der Waals surface area contributed by atoms with Crippen LogP contribution in [0.25, 0.3) is 0 Å². The molecule has 1 amide bonds. The minimum atomic E-state index is -0.00232. The van der Waals surface area contributed by atoms with Gasteiger partial charge in [0.05, 0.1) is 5.33 Å². The highest BCUT2D eigenvalue weighted by Crippen LogP contribution is 2.06. The zero-order chi connectivity index (χ0) is 11.3. The van der Waals surface area contributed by atoms with Gasteiger partial charge in [-0.05, 0) is 18.2 Å². The standard InChI is InChI=1S/C12H12BrNO/c1-14(2)12(15)11-7-3-5-10(9-11)6-4-8-13/h3,5,7,9H,8H2,1-2H3. The summed E-state index contributed by atoms with van der Waals surface area (Å²) in [5, 5.41) is 0.638. The van der Waals surface area contributed by atoms with E-state index in [-0.39, 0.29) is 5.91 Å². The third kappa shape index (κ3) is 3.41. The molecule has 2 nitrogen and oxygen atoms in total. The quantitative estimate of drug-likeness (QED) is 0.563. The van der Waals surface area contributed by atoms with Crippen molar-refractivity contribution >= 4 is 21.8 Å².